The molecule has 14 heavy (non-hydrogen) atoms. The Morgan fingerprint density at radius 3 is 2.50 bits per heavy atom. The third-order valence-electron chi connectivity index (χ3n) is 3.36. The van der Waals surface area contributed by atoms with Crippen LogP contribution in [0.2, 0.25) is 0 Å². The van der Waals surface area contributed by atoms with E-state index in [1.54, 1.807) is 0 Å². The third-order valence-corrected chi connectivity index (χ3v) is 3.36. The average molecular weight is 196 g/mol. The molecule has 2 heteroatoms. The highest BCUT2D eigenvalue weighted by molar-refractivity contribution is 5.66. The zero-order valence-electron chi connectivity index (χ0n) is 8.80. The summed E-state index contributed by atoms with van der Waals surface area (Å²) in [6.45, 7) is 3.78. The van der Waals surface area contributed by atoms with Crippen LogP contribution in [-0.2, 0) is 4.79 Å². The Morgan fingerprint density at radius 1 is 1.36 bits per heavy atom. The van der Waals surface area contributed by atoms with Crippen molar-refractivity contribution in [2.24, 2.45) is 5.41 Å². The van der Waals surface area contributed by atoms with E-state index in [9.17, 15) is 4.79 Å². The molecule has 1 aliphatic carbocycles. The molecular weight excluding hydrogens is 176 g/mol. The van der Waals surface area contributed by atoms with Crippen molar-refractivity contribution in [2.45, 2.75) is 51.4 Å². The molecule has 0 atom stereocenters. The van der Waals surface area contributed by atoms with Gasteiger partial charge in [-0.1, -0.05) is 25.3 Å². The van der Waals surface area contributed by atoms with Crippen LogP contribution in [0.25, 0.3) is 0 Å². The van der Waals surface area contributed by atoms with E-state index in [2.05, 4.69) is 6.58 Å². The molecule has 1 N–H and O–H groups in total. The zero-order valence-corrected chi connectivity index (χ0v) is 8.80. The second-order valence-corrected chi connectivity index (χ2v) is 4.45. The van der Waals surface area contributed by atoms with Gasteiger partial charge >= 0.3 is 5.97 Å². The molecule has 0 unspecified atom stereocenters. The number of rotatable bonds is 5. The highest BCUT2D eigenvalue weighted by atomic mass is 16.4. The first-order valence-corrected chi connectivity index (χ1v) is 5.51. The smallest absolute Gasteiger partial charge is 0.303 e. The minimum atomic E-state index is -0.668. The van der Waals surface area contributed by atoms with Crippen LogP contribution in [0, 0.1) is 5.41 Å². The summed E-state index contributed by atoms with van der Waals surface area (Å²) >= 11 is 0. The van der Waals surface area contributed by atoms with E-state index < -0.39 is 5.97 Å². The summed E-state index contributed by atoms with van der Waals surface area (Å²) in [5.74, 6) is -0.668. The van der Waals surface area contributed by atoms with Crippen molar-refractivity contribution in [1.29, 1.82) is 0 Å². The summed E-state index contributed by atoms with van der Waals surface area (Å²) in [6.07, 6.45) is 10.3. The molecule has 2 nitrogen and oxygen atoms in total. The largest absolute Gasteiger partial charge is 0.481 e. The van der Waals surface area contributed by atoms with Crippen LogP contribution < -0.4 is 0 Å². The van der Waals surface area contributed by atoms with Gasteiger partial charge in [-0.3, -0.25) is 4.79 Å². The minimum Gasteiger partial charge on any atom is -0.481 e. The number of carboxylic acids is 1. The maximum atomic E-state index is 10.6. The summed E-state index contributed by atoms with van der Waals surface area (Å²) in [5.41, 5.74) is 0.262. The molecule has 0 saturated heterocycles. The van der Waals surface area contributed by atoms with E-state index >= 15 is 0 Å². The van der Waals surface area contributed by atoms with Gasteiger partial charge in [0, 0.05) is 6.42 Å². The Bertz CT molecular complexity index is 202. The predicted octanol–water partition coefficient (Wildman–Crippen LogP) is 3.38. The van der Waals surface area contributed by atoms with E-state index in [0.29, 0.717) is 6.42 Å². The van der Waals surface area contributed by atoms with Gasteiger partial charge in [0.15, 0.2) is 0 Å². The van der Waals surface area contributed by atoms with Gasteiger partial charge in [-0.2, -0.15) is 0 Å². The SMILES string of the molecule is C=CCC1(CCC(=O)O)CCCCC1. The van der Waals surface area contributed by atoms with Crippen LogP contribution in [0.4, 0.5) is 0 Å². The Labute approximate surface area is 86.0 Å². The molecule has 1 fully saturated rings. The fraction of sp³-hybridized carbons (Fsp3) is 0.750. The number of carbonyl (C=O) groups is 1. The topological polar surface area (TPSA) is 37.3 Å². The zero-order chi connectivity index (χ0) is 10.4. The minimum absolute atomic E-state index is 0.262. The van der Waals surface area contributed by atoms with Crippen molar-refractivity contribution in [3.05, 3.63) is 12.7 Å². The van der Waals surface area contributed by atoms with Crippen molar-refractivity contribution in [3.8, 4) is 0 Å². The van der Waals surface area contributed by atoms with Crippen LogP contribution in [0.1, 0.15) is 51.4 Å². The van der Waals surface area contributed by atoms with Gasteiger partial charge in [0.25, 0.3) is 0 Å². The van der Waals surface area contributed by atoms with Crippen molar-refractivity contribution < 1.29 is 9.90 Å². The lowest BCUT2D eigenvalue weighted by Crippen LogP contribution is -2.24. The first-order valence-electron chi connectivity index (χ1n) is 5.51. The highest BCUT2D eigenvalue weighted by Gasteiger charge is 2.30. The lowest BCUT2D eigenvalue weighted by Gasteiger charge is -2.36. The number of carboxylic acid groups (broad SMARTS) is 1. The molecule has 0 bridgehead atoms. The molecule has 0 spiro atoms. The number of hydrogen-bond acceptors (Lipinski definition) is 1. The Morgan fingerprint density at radius 2 is 2.00 bits per heavy atom. The van der Waals surface area contributed by atoms with E-state index in [-0.39, 0.29) is 5.41 Å². The van der Waals surface area contributed by atoms with Gasteiger partial charge in [0.2, 0.25) is 0 Å². The summed E-state index contributed by atoms with van der Waals surface area (Å²) in [7, 11) is 0. The predicted molar refractivity (Wildman–Crippen MR) is 57.2 cm³/mol. The first-order chi connectivity index (χ1) is 6.68. The molecule has 80 valence electrons. The second kappa shape index (κ2) is 5.18. The Hall–Kier alpha value is -0.790. The van der Waals surface area contributed by atoms with Gasteiger partial charge in [-0.05, 0) is 31.1 Å². The maximum Gasteiger partial charge on any atom is 0.303 e. The monoisotopic (exact) mass is 196 g/mol. The molecule has 0 heterocycles. The average Bonchev–Trinajstić information content (AvgIpc) is 2.17. The number of allylic oxidation sites excluding steroid dienone is 1. The Balaban J connectivity index is 2.50. The molecule has 0 radical (unpaired) electrons. The summed E-state index contributed by atoms with van der Waals surface area (Å²) in [6, 6.07) is 0. The standard InChI is InChI=1S/C12H20O2/c1-2-7-12(10-6-11(13)14)8-4-3-5-9-12/h2H,1,3-10H2,(H,13,14). The van der Waals surface area contributed by atoms with Crippen LogP contribution in [-0.4, -0.2) is 11.1 Å². The van der Waals surface area contributed by atoms with Crippen molar-refractivity contribution in [1.82, 2.24) is 0 Å². The van der Waals surface area contributed by atoms with Crippen molar-refractivity contribution in [2.75, 3.05) is 0 Å². The molecule has 1 aliphatic rings. The summed E-state index contributed by atoms with van der Waals surface area (Å²) < 4.78 is 0. The third kappa shape index (κ3) is 3.17. The van der Waals surface area contributed by atoms with Gasteiger partial charge in [-0.25, -0.2) is 0 Å². The first kappa shape index (κ1) is 11.3. The molecule has 0 aromatic heterocycles. The highest BCUT2D eigenvalue weighted by Crippen LogP contribution is 2.43. The number of hydrogen-bond donors (Lipinski definition) is 1. The van der Waals surface area contributed by atoms with E-state index in [1.165, 1.54) is 32.1 Å². The summed E-state index contributed by atoms with van der Waals surface area (Å²) in [5, 5.41) is 8.70. The van der Waals surface area contributed by atoms with Gasteiger partial charge in [0.1, 0.15) is 0 Å². The van der Waals surface area contributed by atoms with Crippen molar-refractivity contribution in [3.63, 3.8) is 0 Å². The maximum absolute atomic E-state index is 10.6. The van der Waals surface area contributed by atoms with E-state index in [0.717, 1.165) is 12.8 Å². The quantitative estimate of drug-likeness (QED) is 0.684. The fourth-order valence-electron chi connectivity index (χ4n) is 2.54. The van der Waals surface area contributed by atoms with Crippen molar-refractivity contribution >= 4 is 5.97 Å². The second-order valence-electron chi connectivity index (χ2n) is 4.45. The van der Waals surface area contributed by atoms with E-state index in [4.69, 9.17) is 5.11 Å². The fourth-order valence-corrected chi connectivity index (χ4v) is 2.54. The lowest BCUT2D eigenvalue weighted by atomic mass is 9.69. The molecule has 0 aromatic rings. The Kier molecular flexibility index (Phi) is 4.18. The van der Waals surface area contributed by atoms with Crippen LogP contribution in [0.15, 0.2) is 12.7 Å². The normalized spacial score (nSPS) is 20.3. The number of aliphatic carboxylic acids is 1. The van der Waals surface area contributed by atoms with Gasteiger partial charge < -0.3 is 5.11 Å². The molecule has 0 amide bonds. The molecule has 1 rings (SSSR count). The molecule has 0 aromatic carbocycles. The summed E-state index contributed by atoms with van der Waals surface area (Å²) in [4.78, 5) is 10.6. The van der Waals surface area contributed by atoms with Crippen LogP contribution in [0.5, 0.6) is 0 Å². The van der Waals surface area contributed by atoms with E-state index in [1.807, 2.05) is 6.08 Å². The molecular formula is C12H20O2. The lowest BCUT2D eigenvalue weighted by molar-refractivity contribution is -0.137. The molecule has 1 saturated carbocycles. The van der Waals surface area contributed by atoms with Crippen LogP contribution >= 0.6 is 0 Å². The van der Waals surface area contributed by atoms with Crippen LogP contribution in [0.3, 0.4) is 0 Å². The van der Waals surface area contributed by atoms with Gasteiger partial charge in [0.05, 0.1) is 0 Å². The van der Waals surface area contributed by atoms with Gasteiger partial charge in [-0.15, -0.1) is 6.58 Å². The molecule has 0 aliphatic heterocycles.